The number of hydrazone groups is 1. The first-order valence-electron chi connectivity index (χ1n) is 4.66. The average Bonchev–Trinajstić information content (AvgIpc) is 2.29. The minimum absolute atomic E-state index is 0.488. The van der Waals surface area contributed by atoms with Gasteiger partial charge in [-0.25, -0.2) is 0 Å². The molecule has 0 aliphatic carbocycles. The minimum Gasteiger partial charge on any atom is -0.358 e. The van der Waals surface area contributed by atoms with Gasteiger partial charge in [0.25, 0.3) is 0 Å². The first-order chi connectivity index (χ1) is 7.74. The van der Waals surface area contributed by atoms with Gasteiger partial charge in [-0.2, -0.15) is 5.10 Å². The van der Waals surface area contributed by atoms with Crippen molar-refractivity contribution in [1.82, 2.24) is 10.7 Å². The van der Waals surface area contributed by atoms with Gasteiger partial charge < -0.3 is 5.32 Å². The summed E-state index contributed by atoms with van der Waals surface area (Å²) in [6, 6.07) is 7.98. The SMILES string of the molecule is C=CCNC(=S)NN=Cc1ccccc1I. The molecule has 0 fully saturated rings. The second kappa shape index (κ2) is 7.34. The van der Waals surface area contributed by atoms with Crippen LogP contribution >= 0.6 is 34.8 Å². The highest BCUT2D eigenvalue weighted by atomic mass is 127. The van der Waals surface area contributed by atoms with Crippen LogP contribution in [0.3, 0.4) is 0 Å². The molecule has 0 saturated carbocycles. The summed E-state index contributed by atoms with van der Waals surface area (Å²) < 4.78 is 1.15. The summed E-state index contributed by atoms with van der Waals surface area (Å²) in [4.78, 5) is 0. The number of thiocarbonyl (C=S) groups is 1. The molecule has 0 unspecified atom stereocenters. The number of nitrogens with one attached hydrogen (secondary N) is 2. The summed E-state index contributed by atoms with van der Waals surface area (Å²) in [5.41, 5.74) is 3.79. The van der Waals surface area contributed by atoms with E-state index in [2.05, 4.69) is 45.0 Å². The number of nitrogens with zero attached hydrogens (tertiary/aromatic N) is 1. The molecule has 3 nitrogen and oxygen atoms in total. The molecule has 0 aliphatic rings. The van der Waals surface area contributed by atoms with Gasteiger partial charge in [0.2, 0.25) is 0 Å². The maximum atomic E-state index is 4.98. The van der Waals surface area contributed by atoms with Crippen molar-refractivity contribution in [2.75, 3.05) is 6.54 Å². The van der Waals surface area contributed by atoms with Crippen LogP contribution in [0.15, 0.2) is 42.0 Å². The molecule has 0 bridgehead atoms. The lowest BCUT2D eigenvalue weighted by Crippen LogP contribution is -2.31. The van der Waals surface area contributed by atoms with Gasteiger partial charge in [0.1, 0.15) is 0 Å². The highest BCUT2D eigenvalue weighted by Gasteiger charge is 1.93. The zero-order chi connectivity index (χ0) is 11.8. The molecule has 0 amide bonds. The van der Waals surface area contributed by atoms with Crippen LogP contribution in [0.4, 0.5) is 0 Å². The van der Waals surface area contributed by atoms with Crippen LogP contribution < -0.4 is 10.7 Å². The highest BCUT2D eigenvalue weighted by Crippen LogP contribution is 2.08. The lowest BCUT2D eigenvalue weighted by Gasteiger charge is -2.03. The van der Waals surface area contributed by atoms with Crippen LogP contribution in [0.5, 0.6) is 0 Å². The predicted octanol–water partition coefficient (Wildman–Crippen LogP) is 2.28. The van der Waals surface area contributed by atoms with Crippen LogP contribution in [0.1, 0.15) is 5.56 Å². The first-order valence-corrected chi connectivity index (χ1v) is 6.15. The van der Waals surface area contributed by atoms with Gasteiger partial charge in [-0.1, -0.05) is 24.3 Å². The Balaban J connectivity index is 2.46. The maximum Gasteiger partial charge on any atom is 0.187 e. The molecule has 0 heterocycles. The van der Waals surface area contributed by atoms with Crippen molar-refractivity contribution in [3.05, 3.63) is 46.1 Å². The van der Waals surface area contributed by atoms with Crippen molar-refractivity contribution < 1.29 is 0 Å². The lowest BCUT2D eigenvalue weighted by atomic mass is 10.2. The van der Waals surface area contributed by atoms with Crippen molar-refractivity contribution in [1.29, 1.82) is 0 Å². The minimum atomic E-state index is 0.488. The van der Waals surface area contributed by atoms with Crippen LogP contribution in [-0.4, -0.2) is 17.9 Å². The van der Waals surface area contributed by atoms with Gasteiger partial charge in [-0.15, -0.1) is 6.58 Å². The van der Waals surface area contributed by atoms with Gasteiger partial charge in [-0.3, -0.25) is 5.43 Å². The number of hydrogen-bond donors (Lipinski definition) is 2. The Morgan fingerprint density at radius 3 is 2.94 bits per heavy atom. The van der Waals surface area contributed by atoms with E-state index in [0.29, 0.717) is 11.7 Å². The molecular weight excluding hydrogens is 333 g/mol. The van der Waals surface area contributed by atoms with Crippen LogP contribution in [0.25, 0.3) is 0 Å². The van der Waals surface area contributed by atoms with Crippen LogP contribution in [-0.2, 0) is 0 Å². The van der Waals surface area contributed by atoms with E-state index in [1.54, 1.807) is 12.3 Å². The number of benzene rings is 1. The Bertz CT molecular complexity index is 404. The van der Waals surface area contributed by atoms with Gasteiger partial charge in [0, 0.05) is 15.7 Å². The van der Waals surface area contributed by atoms with Gasteiger partial charge in [-0.05, 0) is 40.9 Å². The van der Waals surface area contributed by atoms with E-state index in [0.717, 1.165) is 9.13 Å². The fraction of sp³-hybridized carbons (Fsp3) is 0.0909. The number of halogens is 1. The zero-order valence-electron chi connectivity index (χ0n) is 8.61. The summed E-state index contributed by atoms with van der Waals surface area (Å²) in [6.45, 7) is 4.21. The molecule has 84 valence electrons. The molecule has 0 atom stereocenters. The highest BCUT2D eigenvalue weighted by molar-refractivity contribution is 14.1. The summed E-state index contributed by atoms with van der Waals surface area (Å²) in [5, 5.41) is 7.45. The second-order valence-corrected chi connectivity index (χ2v) is 4.46. The topological polar surface area (TPSA) is 36.4 Å². The summed E-state index contributed by atoms with van der Waals surface area (Å²) in [6.07, 6.45) is 3.47. The summed E-state index contributed by atoms with van der Waals surface area (Å²) in [5.74, 6) is 0. The predicted molar refractivity (Wildman–Crippen MR) is 80.7 cm³/mol. The molecule has 2 N–H and O–H groups in total. The van der Waals surface area contributed by atoms with Crippen molar-refractivity contribution in [2.24, 2.45) is 5.10 Å². The van der Waals surface area contributed by atoms with E-state index in [-0.39, 0.29) is 0 Å². The fourth-order valence-corrected chi connectivity index (χ4v) is 1.61. The molecule has 0 radical (unpaired) electrons. The van der Waals surface area contributed by atoms with Crippen LogP contribution in [0, 0.1) is 3.57 Å². The normalized spacial score (nSPS) is 10.1. The fourth-order valence-electron chi connectivity index (χ4n) is 0.945. The van der Waals surface area contributed by atoms with Crippen molar-refractivity contribution in [2.45, 2.75) is 0 Å². The monoisotopic (exact) mass is 345 g/mol. The molecule has 1 rings (SSSR count). The quantitative estimate of drug-likeness (QED) is 0.289. The van der Waals surface area contributed by atoms with E-state index in [1.165, 1.54) is 0 Å². The standard InChI is InChI=1S/C11H12IN3S/c1-2-7-13-11(16)15-14-8-9-5-3-4-6-10(9)12/h2-6,8H,1,7H2,(H2,13,15,16). The Kier molecular flexibility index (Phi) is 6.02. The molecule has 0 saturated heterocycles. The Morgan fingerprint density at radius 2 is 2.25 bits per heavy atom. The Labute approximate surface area is 114 Å². The second-order valence-electron chi connectivity index (χ2n) is 2.89. The van der Waals surface area contributed by atoms with Crippen molar-refractivity contribution >= 4 is 46.1 Å². The number of hydrogen-bond acceptors (Lipinski definition) is 2. The third-order valence-electron chi connectivity index (χ3n) is 1.68. The Morgan fingerprint density at radius 1 is 1.50 bits per heavy atom. The smallest absolute Gasteiger partial charge is 0.187 e. The van der Waals surface area contributed by atoms with Crippen molar-refractivity contribution in [3.8, 4) is 0 Å². The molecule has 1 aromatic rings. The maximum absolute atomic E-state index is 4.98. The number of rotatable bonds is 4. The van der Waals surface area contributed by atoms with Gasteiger partial charge in [0.15, 0.2) is 5.11 Å². The first kappa shape index (κ1) is 13.1. The van der Waals surface area contributed by atoms with Crippen molar-refractivity contribution in [3.63, 3.8) is 0 Å². The molecule has 1 aromatic carbocycles. The molecule has 16 heavy (non-hydrogen) atoms. The van der Waals surface area contributed by atoms with E-state index in [9.17, 15) is 0 Å². The lowest BCUT2D eigenvalue weighted by molar-refractivity contribution is 0.941. The van der Waals surface area contributed by atoms with E-state index in [4.69, 9.17) is 12.2 Å². The largest absolute Gasteiger partial charge is 0.358 e. The average molecular weight is 345 g/mol. The molecular formula is C11H12IN3S. The van der Waals surface area contributed by atoms with Crippen LogP contribution in [0.2, 0.25) is 0 Å². The zero-order valence-corrected chi connectivity index (χ0v) is 11.6. The van der Waals surface area contributed by atoms with E-state index < -0.39 is 0 Å². The van der Waals surface area contributed by atoms with E-state index in [1.807, 2.05) is 24.3 Å². The third-order valence-corrected chi connectivity index (χ3v) is 2.90. The van der Waals surface area contributed by atoms with E-state index >= 15 is 0 Å². The molecule has 5 heteroatoms. The third kappa shape index (κ3) is 4.71. The Hall–Kier alpha value is -0.950. The molecule has 0 aliphatic heterocycles. The molecule has 0 spiro atoms. The summed E-state index contributed by atoms with van der Waals surface area (Å²) >= 11 is 7.24. The summed E-state index contributed by atoms with van der Waals surface area (Å²) in [7, 11) is 0. The molecule has 0 aromatic heterocycles. The van der Waals surface area contributed by atoms with Gasteiger partial charge in [0.05, 0.1) is 6.21 Å². The van der Waals surface area contributed by atoms with Gasteiger partial charge >= 0.3 is 0 Å².